The summed E-state index contributed by atoms with van der Waals surface area (Å²) in [5.74, 6) is -0.534. The average molecular weight is 319 g/mol. The van der Waals surface area contributed by atoms with E-state index in [0.717, 1.165) is 19.3 Å². The standard InChI is InChI=1S/C16H12BrFO/c17-14-7-13(8-15(18)9-14)16(19)12-5-4-10-2-1-3-11(10)6-12/h4-9H,1-3H2. The molecule has 1 aliphatic rings. The highest BCUT2D eigenvalue weighted by atomic mass is 79.9. The quantitative estimate of drug-likeness (QED) is 0.754. The van der Waals surface area contributed by atoms with Crippen molar-refractivity contribution in [3.63, 3.8) is 0 Å². The van der Waals surface area contributed by atoms with E-state index in [9.17, 15) is 9.18 Å². The van der Waals surface area contributed by atoms with E-state index < -0.39 is 5.82 Å². The first-order valence-corrected chi connectivity index (χ1v) is 7.05. The lowest BCUT2D eigenvalue weighted by Gasteiger charge is -2.05. The first-order chi connectivity index (χ1) is 9.13. The zero-order chi connectivity index (χ0) is 13.4. The number of hydrogen-bond acceptors (Lipinski definition) is 1. The van der Waals surface area contributed by atoms with Gasteiger partial charge in [-0.3, -0.25) is 4.79 Å². The third kappa shape index (κ3) is 2.47. The van der Waals surface area contributed by atoms with Crippen LogP contribution in [-0.4, -0.2) is 5.78 Å². The number of carbonyl (C=O) groups excluding carboxylic acids is 1. The van der Waals surface area contributed by atoms with E-state index in [1.54, 1.807) is 6.07 Å². The molecule has 0 amide bonds. The molecule has 19 heavy (non-hydrogen) atoms. The van der Waals surface area contributed by atoms with Crippen molar-refractivity contribution < 1.29 is 9.18 Å². The fourth-order valence-electron chi connectivity index (χ4n) is 2.56. The van der Waals surface area contributed by atoms with E-state index in [1.807, 2.05) is 18.2 Å². The van der Waals surface area contributed by atoms with Crippen LogP contribution in [0.25, 0.3) is 0 Å². The Morgan fingerprint density at radius 1 is 1.00 bits per heavy atom. The molecule has 2 aromatic carbocycles. The van der Waals surface area contributed by atoms with Crippen LogP contribution in [0.2, 0.25) is 0 Å². The third-order valence-corrected chi connectivity index (χ3v) is 3.94. The molecule has 0 heterocycles. The Hall–Kier alpha value is -1.48. The minimum atomic E-state index is -0.404. The smallest absolute Gasteiger partial charge is 0.193 e. The van der Waals surface area contributed by atoms with Gasteiger partial charge < -0.3 is 0 Å². The molecule has 3 rings (SSSR count). The average Bonchev–Trinajstić information content (AvgIpc) is 2.83. The van der Waals surface area contributed by atoms with Gasteiger partial charge in [0, 0.05) is 15.6 Å². The van der Waals surface area contributed by atoms with Gasteiger partial charge in [-0.1, -0.05) is 28.1 Å². The summed E-state index contributed by atoms with van der Waals surface area (Å²) in [6.07, 6.45) is 3.27. The van der Waals surface area contributed by atoms with Gasteiger partial charge in [-0.25, -0.2) is 4.39 Å². The summed E-state index contributed by atoms with van der Waals surface area (Å²) < 4.78 is 13.9. The summed E-state index contributed by atoms with van der Waals surface area (Å²) in [7, 11) is 0. The van der Waals surface area contributed by atoms with Crippen molar-refractivity contribution in [2.75, 3.05) is 0 Å². The van der Waals surface area contributed by atoms with Crippen molar-refractivity contribution in [1.82, 2.24) is 0 Å². The summed E-state index contributed by atoms with van der Waals surface area (Å²) in [6.45, 7) is 0. The number of ketones is 1. The Bertz CT molecular complexity index is 644. The van der Waals surface area contributed by atoms with Crippen molar-refractivity contribution in [2.24, 2.45) is 0 Å². The van der Waals surface area contributed by atoms with Crippen molar-refractivity contribution in [3.8, 4) is 0 Å². The minimum absolute atomic E-state index is 0.130. The molecule has 1 nitrogen and oxygen atoms in total. The van der Waals surface area contributed by atoms with Crippen molar-refractivity contribution >= 4 is 21.7 Å². The van der Waals surface area contributed by atoms with Crippen LogP contribution in [0.5, 0.6) is 0 Å². The highest BCUT2D eigenvalue weighted by Crippen LogP contribution is 2.25. The SMILES string of the molecule is O=C(c1cc(F)cc(Br)c1)c1ccc2c(c1)CCC2. The molecular formula is C16H12BrFO. The maximum absolute atomic E-state index is 13.3. The first-order valence-electron chi connectivity index (χ1n) is 6.26. The van der Waals surface area contributed by atoms with Crippen LogP contribution in [0, 0.1) is 5.82 Å². The van der Waals surface area contributed by atoms with Crippen LogP contribution < -0.4 is 0 Å². The molecular weight excluding hydrogens is 307 g/mol. The van der Waals surface area contributed by atoms with Crippen LogP contribution in [0.3, 0.4) is 0 Å². The topological polar surface area (TPSA) is 17.1 Å². The molecule has 0 fully saturated rings. The Morgan fingerprint density at radius 2 is 1.79 bits per heavy atom. The Labute approximate surface area is 119 Å². The Morgan fingerprint density at radius 3 is 2.58 bits per heavy atom. The molecule has 0 spiro atoms. The van der Waals surface area contributed by atoms with Gasteiger partial charge in [0.2, 0.25) is 0 Å². The lowest BCUT2D eigenvalue weighted by Crippen LogP contribution is -2.03. The van der Waals surface area contributed by atoms with E-state index in [0.29, 0.717) is 15.6 Å². The lowest BCUT2D eigenvalue weighted by atomic mass is 9.99. The van der Waals surface area contributed by atoms with Crippen molar-refractivity contribution in [1.29, 1.82) is 0 Å². The van der Waals surface area contributed by atoms with E-state index in [2.05, 4.69) is 15.9 Å². The molecule has 0 aromatic heterocycles. The van der Waals surface area contributed by atoms with Gasteiger partial charge in [0.1, 0.15) is 5.82 Å². The molecule has 3 heteroatoms. The van der Waals surface area contributed by atoms with Crippen LogP contribution in [0.4, 0.5) is 4.39 Å². The Kier molecular flexibility index (Phi) is 3.23. The molecule has 0 atom stereocenters. The summed E-state index contributed by atoms with van der Waals surface area (Å²) in [5.41, 5.74) is 3.60. The fourth-order valence-corrected chi connectivity index (χ4v) is 3.03. The number of aryl methyl sites for hydroxylation is 2. The van der Waals surface area contributed by atoms with Gasteiger partial charge in [0.05, 0.1) is 0 Å². The van der Waals surface area contributed by atoms with Gasteiger partial charge in [0.25, 0.3) is 0 Å². The second-order valence-electron chi connectivity index (χ2n) is 4.82. The predicted octanol–water partition coefficient (Wildman–Crippen LogP) is 4.31. The predicted molar refractivity (Wildman–Crippen MR) is 76.0 cm³/mol. The van der Waals surface area contributed by atoms with E-state index in [1.165, 1.54) is 23.3 Å². The van der Waals surface area contributed by atoms with Crippen LogP contribution >= 0.6 is 15.9 Å². The van der Waals surface area contributed by atoms with Gasteiger partial charge in [0.15, 0.2) is 5.78 Å². The second kappa shape index (κ2) is 4.89. The fraction of sp³-hybridized carbons (Fsp3) is 0.188. The van der Waals surface area contributed by atoms with Crippen molar-refractivity contribution in [2.45, 2.75) is 19.3 Å². The number of fused-ring (bicyclic) bond motifs is 1. The van der Waals surface area contributed by atoms with Crippen LogP contribution in [-0.2, 0) is 12.8 Å². The number of benzene rings is 2. The maximum atomic E-state index is 13.3. The zero-order valence-electron chi connectivity index (χ0n) is 10.2. The molecule has 2 aromatic rings. The second-order valence-corrected chi connectivity index (χ2v) is 5.74. The number of carbonyl (C=O) groups is 1. The molecule has 96 valence electrons. The summed E-state index contributed by atoms with van der Waals surface area (Å²) in [5, 5.41) is 0. The van der Waals surface area contributed by atoms with E-state index in [-0.39, 0.29) is 5.78 Å². The van der Waals surface area contributed by atoms with Gasteiger partial charge in [-0.05, 0) is 54.7 Å². The normalized spacial score (nSPS) is 13.4. The summed E-state index contributed by atoms with van der Waals surface area (Å²) in [6, 6.07) is 10.1. The largest absolute Gasteiger partial charge is 0.289 e. The maximum Gasteiger partial charge on any atom is 0.193 e. The van der Waals surface area contributed by atoms with E-state index in [4.69, 9.17) is 0 Å². The molecule has 1 aliphatic carbocycles. The molecule has 0 N–H and O–H groups in total. The lowest BCUT2D eigenvalue weighted by molar-refractivity contribution is 0.103. The van der Waals surface area contributed by atoms with E-state index >= 15 is 0 Å². The number of halogens is 2. The zero-order valence-corrected chi connectivity index (χ0v) is 11.8. The van der Waals surface area contributed by atoms with Gasteiger partial charge in [-0.15, -0.1) is 0 Å². The van der Waals surface area contributed by atoms with Crippen LogP contribution in [0.1, 0.15) is 33.5 Å². The minimum Gasteiger partial charge on any atom is -0.289 e. The van der Waals surface area contributed by atoms with Gasteiger partial charge >= 0.3 is 0 Å². The molecule has 0 radical (unpaired) electrons. The van der Waals surface area contributed by atoms with Gasteiger partial charge in [-0.2, -0.15) is 0 Å². The monoisotopic (exact) mass is 318 g/mol. The molecule has 0 aliphatic heterocycles. The Balaban J connectivity index is 1.99. The van der Waals surface area contributed by atoms with Crippen molar-refractivity contribution in [3.05, 3.63) is 68.9 Å². The molecule has 0 bridgehead atoms. The molecule has 0 saturated carbocycles. The third-order valence-electron chi connectivity index (χ3n) is 3.49. The number of rotatable bonds is 2. The molecule has 0 unspecified atom stereocenters. The molecule has 0 saturated heterocycles. The first kappa shape index (κ1) is 12.5. The summed E-state index contributed by atoms with van der Waals surface area (Å²) >= 11 is 3.21. The van der Waals surface area contributed by atoms with Crippen LogP contribution in [0.15, 0.2) is 40.9 Å². The summed E-state index contributed by atoms with van der Waals surface area (Å²) in [4.78, 5) is 12.4. The highest BCUT2D eigenvalue weighted by molar-refractivity contribution is 9.10. The number of hydrogen-bond donors (Lipinski definition) is 0. The highest BCUT2D eigenvalue weighted by Gasteiger charge is 2.15.